The number of nitrogens with one attached hydrogen (secondary N) is 1. The van der Waals surface area contributed by atoms with Gasteiger partial charge in [0.2, 0.25) is 11.8 Å². The van der Waals surface area contributed by atoms with E-state index in [1.807, 2.05) is 4.90 Å². The number of likely N-dealkylation sites (tertiary alicyclic amines) is 1. The lowest BCUT2D eigenvalue weighted by Gasteiger charge is -2.16. The Morgan fingerprint density at radius 3 is 2.55 bits per heavy atom. The summed E-state index contributed by atoms with van der Waals surface area (Å²) in [6.45, 7) is 2.30. The Morgan fingerprint density at radius 1 is 1.15 bits per heavy atom. The van der Waals surface area contributed by atoms with Crippen molar-refractivity contribution in [1.29, 1.82) is 0 Å². The molecule has 2 fully saturated rings. The van der Waals surface area contributed by atoms with Gasteiger partial charge in [0.15, 0.2) is 0 Å². The van der Waals surface area contributed by atoms with Gasteiger partial charge in [-0.1, -0.05) is 25.7 Å². The van der Waals surface area contributed by atoms with Gasteiger partial charge in [0.25, 0.3) is 0 Å². The predicted molar refractivity (Wildman–Crippen MR) is 77.9 cm³/mol. The van der Waals surface area contributed by atoms with Crippen molar-refractivity contribution in [2.24, 2.45) is 17.6 Å². The Kier molecular flexibility index (Phi) is 5.83. The van der Waals surface area contributed by atoms with Crippen molar-refractivity contribution in [3.8, 4) is 0 Å². The van der Waals surface area contributed by atoms with E-state index in [4.69, 9.17) is 5.73 Å². The van der Waals surface area contributed by atoms with Crippen molar-refractivity contribution in [2.45, 2.75) is 44.9 Å². The maximum absolute atomic E-state index is 11.9. The first-order chi connectivity index (χ1) is 9.69. The number of hydrogen-bond donors (Lipinski definition) is 2. The minimum Gasteiger partial charge on any atom is -0.347 e. The van der Waals surface area contributed by atoms with Gasteiger partial charge in [-0.05, 0) is 31.2 Å². The molecular formula is C15H27N3O2. The summed E-state index contributed by atoms with van der Waals surface area (Å²) < 4.78 is 0. The summed E-state index contributed by atoms with van der Waals surface area (Å²) in [4.78, 5) is 25.5. The molecule has 0 aromatic rings. The number of carbonyl (C=O) groups excluding carboxylic acids is 2. The maximum atomic E-state index is 11.9. The molecule has 0 spiro atoms. The lowest BCUT2D eigenvalue weighted by atomic mass is 10.0. The number of nitrogens with zero attached hydrogens (tertiary/aromatic N) is 1. The number of rotatable bonds is 6. The largest absolute Gasteiger partial charge is 0.347 e. The second-order valence-electron chi connectivity index (χ2n) is 6.20. The van der Waals surface area contributed by atoms with Gasteiger partial charge < -0.3 is 16.0 Å². The first kappa shape index (κ1) is 15.3. The molecule has 1 unspecified atom stereocenters. The van der Waals surface area contributed by atoms with E-state index in [0.717, 1.165) is 31.8 Å². The molecule has 3 N–H and O–H groups in total. The average molecular weight is 281 g/mol. The summed E-state index contributed by atoms with van der Waals surface area (Å²) >= 11 is 0. The molecule has 1 saturated heterocycles. The van der Waals surface area contributed by atoms with Crippen LogP contribution in [0.5, 0.6) is 0 Å². The monoisotopic (exact) mass is 281 g/mol. The Hall–Kier alpha value is -1.10. The van der Waals surface area contributed by atoms with E-state index < -0.39 is 0 Å². The van der Waals surface area contributed by atoms with Crippen LogP contribution in [-0.4, -0.2) is 42.9 Å². The molecule has 2 rings (SSSR count). The summed E-state index contributed by atoms with van der Waals surface area (Å²) in [7, 11) is 0. The van der Waals surface area contributed by atoms with Crippen LogP contribution in [0.25, 0.3) is 0 Å². The summed E-state index contributed by atoms with van der Waals surface area (Å²) in [5, 5.41) is 2.75. The minimum atomic E-state index is 0.0137. The normalized spacial score (nSPS) is 23.2. The molecule has 0 aromatic heterocycles. The summed E-state index contributed by atoms with van der Waals surface area (Å²) in [6.07, 6.45) is 7.66. The molecule has 5 heteroatoms. The maximum Gasteiger partial charge on any atom is 0.241 e. The number of hydrogen-bond acceptors (Lipinski definition) is 3. The molecule has 1 aliphatic heterocycles. The third-order valence-electron chi connectivity index (χ3n) is 4.66. The number of nitrogens with two attached hydrogens (primary N) is 1. The van der Waals surface area contributed by atoms with Crippen molar-refractivity contribution in [3.05, 3.63) is 0 Å². The van der Waals surface area contributed by atoms with Gasteiger partial charge in [0.1, 0.15) is 0 Å². The van der Waals surface area contributed by atoms with Gasteiger partial charge in [-0.25, -0.2) is 0 Å². The molecule has 5 nitrogen and oxygen atoms in total. The van der Waals surface area contributed by atoms with Crippen LogP contribution >= 0.6 is 0 Å². The smallest absolute Gasteiger partial charge is 0.241 e. The summed E-state index contributed by atoms with van der Waals surface area (Å²) in [5.74, 6) is 1.19. The van der Waals surface area contributed by atoms with Crippen LogP contribution in [0.3, 0.4) is 0 Å². The van der Waals surface area contributed by atoms with Gasteiger partial charge in [-0.15, -0.1) is 0 Å². The molecule has 1 atom stereocenters. The second kappa shape index (κ2) is 7.62. The number of carbonyl (C=O) groups is 2. The molecular weight excluding hydrogens is 254 g/mol. The van der Waals surface area contributed by atoms with Crippen molar-refractivity contribution < 1.29 is 9.59 Å². The minimum absolute atomic E-state index is 0.0137. The van der Waals surface area contributed by atoms with Crippen LogP contribution in [-0.2, 0) is 9.59 Å². The molecule has 1 aliphatic carbocycles. The highest BCUT2D eigenvalue weighted by molar-refractivity contribution is 5.84. The van der Waals surface area contributed by atoms with E-state index in [9.17, 15) is 9.59 Å². The zero-order chi connectivity index (χ0) is 14.4. The third-order valence-corrected chi connectivity index (χ3v) is 4.66. The van der Waals surface area contributed by atoms with Gasteiger partial charge in [-0.3, -0.25) is 9.59 Å². The third kappa shape index (κ3) is 4.47. The van der Waals surface area contributed by atoms with Gasteiger partial charge >= 0.3 is 0 Å². The fourth-order valence-electron chi connectivity index (χ4n) is 3.26. The fourth-order valence-corrected chi connectivity index (χ4v) is 3.26. The quantitative estimate of drug-likeness (QED) is 0.759. The van der Waals surface area contributed by atoms with E-state index >= 15 is 0 Å². The summed E-state index contributed by atoms with van der Waals surface area (Å²) in [5.41, 5.74) is 5.61. The Labute approximate surface area is 121 Å². The van der Waals surface area contributed by atoms with E-state index in [0.29, 0.717) is 18.9 Å². The SMILES string of the molecule is NCC1CCN(C(=O)CNC(=O)CCC2CCCC2)C1. The van der Waals surface area contributed by atoms with Gasteiger partial charge in [0.05, 0.1) is 6.54 Å². The zero-order valence-corrected chi connectivity index (χ0v) is 12.3. The zero-order valence-electron chi connectivity index (χ0n) is 12.3. The standard InChI is InChI=1S/C15H27N3O2/c16-9-13-7-8-18(11-13)15(20)10-17-14(19)6-5-12-3-1-2-4-12/h12-13H,1-11,16H2,(H,17,19). The van der Waals surface area contributed by atoms with Crippen LogP contribution in [0.4, 0.5) is 0 Å². The van der Waals surface area contributed by atoms with Crippen LogP contribution < -0.4 is 11.1 Å². The van der Waals surface area contributed by atoms with Crippen LogP contribution in [0, 0.1) is 11.8 Å². The first-order valence-corrected chi connectivity index (χ1v) is 7.93. The topological polar surface area (TPSA) is 75.4 Å². The van der Waals surface area contributed by atoms with Crippen LogP contribution in [0.2, 0.25) is 0 Å². The van der Waals surface area contributed by atoms with Crippen molar-refractivity contribution in [1.82, 2.24) is 10.2 Å². The highest BCUT2D eigenvalue weighted by Gasteiger charge is 2.25. The van der Waals surface area contributed by atoms with Gasteiger partial charge in [-0.2, -0.15) is 0 Å². The molecule has 2 amide bonds. The number of amides is 2. The van der Waals surface area contributed by atoms with E-state index in [2.05, 4.69) is 5.32 Å². The lowest BCUT2D eigenvalue weighted by molar-refractivity contribution is -0.132. The molecule has 0 radical (unpaired) electrons. The predicted octanol–water partition coefficient (Wildman–Crippen LogP) is 0.880. The summed E-state index contributed by atoms with van der Waals surface area (Å²) in [6, 6.07) is 0. The second-order valence-corrected chi connectivity index (χ2v) is 6.20. The Bertz CT molecular complexity index is 340. The van der Waals surface area contributed by atoms with Crippen molar-refractivity contribution >= 4 is 11.8 Å². The molecule has 114 valence electrons. The molecule has 2 aliphatic rings. The molecule has 0 aromatic carbocycles. The van der Waals surface area contributed by atoms with E-state index in [1.165, 1.54) is 25.7 Å². The van der Waals surface area contributed by atoms with E-state index in [-0.39, 0.29) is 18.4 Å². The molecule has 0 bridgehead atoms. The van der Waals surface area contributed by atoms with Gasteiger partial charge in [0, 0.05) is 19.5 Å². The van der Waals surface area contributed by atoms with Crippen molar-refractivity contribution in [3.63, 3.8) is 0 Å². The van der Waals surface area contributed by atoms with E-state index in [1.54, 1.807) is 0 Å². The van der Waals surface area contributed by atoms with Crippen molar-refractivity contribution in [2.75, 3.05) is 26.2 Å². The Balaban J connectivity index is 1.59. The highest BCUT2D eigenvalue weighted by Crippen LogP contribution is 2.28. The fraction of sp³-hybridized carbons (Fsp3) is 0.867. The molecule has 1 saturated carbocycles. The van der Waals surface area contributed by atoms with Crippen LogP contribution in [0.15, 0.2) is 0 Å². The molecule has 20 heavy (non-hydrogen) atoms. The Morgan fingerprint density at radius 2 is 1.90 bits per heavy atom. The lowest BCUT2D eigenvalue weighted by Crippen LogP contribution is -2.39. The molecule has 1 heterocycles. The van der Waals surface area contributed by atoms with Crippen LogP contribution in [0.1, 0.15) is 44.9 Å². The first-order valence-electron chi connectivity index (χ1n) is 7.93. The average Bonchev–Trinajstić information content (AvgIpc) is 3.12. The highest BCUT2D eigenvalue weighted by atomic mass is 16.2.